The Labute approximate surface area is 160 Å². The molecule has 0 rings (SSSR count). The maximum absolute atomic E-state index is 11.0. The van der Waals surface area contributed by atoms with Crippen LogP contribution in [0, 0.1) is 0 Å². The van der Waals surface area contributed by atoms with Crippen LogP contribution in [0.4, 0.5) is 0 Å². The van der Waals surface area contributed by atoms with E-state index in [9.17, 15) is 19.2 Å². The second-order valence-corrected chi connectivity index (χ2v) is 6.97. The maximum Gasteiger partial charge on any atom is 0.330 e. The van der Waals surface area contributed by atoms with Crippen molar-refractivity contribution in [1.29, 1.82) is 0 Å². The molecule has 0 saturated heterocycles. The number of hydrogen-bond acceptors (Lipinski definition) is 10. The van der Waals surface area contributed by atoms with E-state index >= 15 is 0 Å². The summed E-state index contributed by atoms with van der Waals surface area (Å²) >= 11 is 14.6. The molecule has 0 heterocycles. The lowest BCUT2D eigenvalue weighted by molar-refractivity contribution is -0.143. The van der Waals surface area contributed by atoms with Gasteiger partial charge in [-0.05, 0) is 0 Å². The number of nitrogens with two attached hydrogens (primary N) is 1. The zero-order chi connectivity index (χ0) is 19.5. The van der Waals surface area contributed by atoms with Gasteiger partial charge in [0.2, 0.25) is 0 Å². The Balaban J connectivity index is 0. The standard InChI is InChI=1S/C7H14N2O3S2.C4H6O4S2/c8-4(6(10)3-14)1-9-5(2-13)7(11)12;5-2(6)1-4(9,10)3(7)8/h4-5,9,13-14H,1-3,8H2,(H,11,12);9-10H,1H2,(H,5,6)(H,7,8)/t4?,5-;/m0./s1. The Bertz CT molecular complexity index is 462. The van der Waals surface area contributed by atoms with E-state index in [1.54, 1.807) is 0 Å². The Hall–Kier alpha value is -0.600. The zero-order valence-corrected chi connectivity index (χ0v) is 15.9. The Morgan fingerprint density at radius 3 is 1.83 bits per heavy atom. The van der Waals surface area contributed by atoms with Crippen molar-refractivity contribution < 1.29 is 34.5 Å². The van der Waals surface area contributed by atoms with Gasteiger partial charge in [0, 0.05) is 12.3 Å². The van der Waals surface area contributed by atoms with E-state index in [-0.39, 0.29) is 23.8 Å². The molecule has 0 aromatic heterocycles. The first-order valence-electron chi connectivity index (χ1n) is 6.25. The summed E-state index contributed by atoms with van der Waals surface area (Å²) < 4.78 is -1.77. The van der Waals surface area contributed by atoms with Crippen LogP contribution in [0.1, 0.15) is 6.42 Å². The van der Waals surface area contributed by atoms with Crippen molar-refractivity contribution in [1.82, 2.24) is 5.32 Å². The molecule has 13 heteroatoms. The first kappa shape index (κ1) is 25.6. The Morgan fingerprint density at radius 2 is 1.58 bits per heavy atom. The maximum atomic E-state index is 11.0. The van der Waals surface area contributed by atoms with E-state index < -0.39 is 40.5 Å². The van der Waals surface area contributed by atoms with Crippen LogP contribution < -0.4 is 11.1 Å². The second kappa shape index (κ2) is 12.7. The van der Waals surface area contributed by atoms with Gasteiger partial charge in [-0.2, -0.15) is 25.3 Å². The lowest BCUT2D eigenvalue weighted by Gasteiger charge is -2.14. The highest BCUT2D eigenvalue weighted by atomic mass is 32.2. The highest BCUT2D eigenvalue weighted by molar-refractivity contribution is 8.02. The van der Waals surface area contributed by atoms with E-state index in [1.165, 1.54) is 0 Å². The summed E-state index contributed by atoms with van der Waals surface area (Å²) in [5, 5.41) is 27.7. The number of hydrogen-bond donors (Lipinski definition) is 9. The quantitative estimate of drug-likeness (QED) is 0.157. The highest BCUT2D eigenvalue weighted by Crippen LogP contribution is 2.23. The van der Waals surface area contributed by atoms with Crippen molar-refractivity contribution in [2.24, 2.45) is 5.73 Å². The molecule has 0 aliphatic carbocycles. The van der Waals surface area contributed by atoms with E-state index in [1.807, 2.05) is 0 Å². The lowest BCUT2D eigenvalue weighted by Crippen LogP contribution is -2.47. The van der Waals surface area contributed by atoms with Crippen molar-refractivity contribution in [3.8, 4) is 0 Å². The van der Waals surface area contributed by atoms with Gasteiger partial charge in [-0.25, -0.2) is 4.79 Å². The van der Waals surface area contributed by atoms with Crippen molar-refractivity contribution in [2.45, 2.75) is 22.6 Å². The molecule has 6 N–H and O–H groups in total. The van der Waals surface area contributed by atoms with Crippen LogP contribution in [0.2, 0.25) is 0 Å². The minimum atomic E-state index is -1.77. The molecule has 0 fully saturated rings. The number of nitrogens with one attached hydrogen (secondary N) is 1. The fourth-order valence-corrected chi connectivity index (χ4v) is 1.81. The van der Waals surface area contributed by atoms with Crippen molar-refractivity contribution in [3.05, 3.63) is 0 Å². The molecule has 0 aliphatic heterocycles. The zero-order valence-electron chi connectivity index (χ0n) is 12.3. The van der Waals surface area contributed by atoms with Crippen LogP contribution in [0.5, 0.6) is 0 Å². The van der Waals surface area contributed by atoms with Crippen LogP contribution in [0.15, 0.2) is 0 Å². The average Bonchev–Trinajstić information content (AvgIpc) is 2.45. The molecule has 0 aromatic carbocycles. The molecule has 0 spiro atoms. The summed E-state index contributed by atoms with van der Waals surface area (Å²) in [6.45, 7) is 0.122. The van der Waals surface area contributed by atoms with Gasteiger partial charge in [-0.1, -0.05) is 0 Å². The van der Waals surface area contributed by atoms with E-state index in [2.05, 4.69) is 55.8 Å². The summed E-state index contributed by atoms with van der Waals surface area (Å²) in [6, 6.07) is -1.49. The average molecular weight is 421 g/mol. The number of Topliss-reactive ketones (excluding diaryl/α,β-unsaturated/α-hetero) is 1. The third-order valence-corrected chi connectivity index (χ3v) is 3.75. The molecule has 24 heavy (non-hydrogen) atoms. The van der Waals surface area contributed by atoms with E-state index in [0.717, 1.165) is 0 Å². The van der Waals surface area contributed by atoms with Crippen molar-refractivity contribution in [2.75, 3.05) is 18.1 Å². The number of carboxylic acids is 3. The summed E-state index contributed by atoms with van der Waals surface area (Å²) in [7, 11) is 0. The third-order valence-electron chi connectivity index (χ3n) is 2.37. The second-order valence-electron chi connectivity index (χ2n) is 4.40. The summed E-state index contributed by atoms with van der Waals surface area (Å²) in [4.78, 5) is 41.6. The molecule has 1 unspecified atom stereocenters. The van der Waals surface area contributed by atoms with E-state index in [4.69, 9.17) is 21.1 Å². The van der Waals surface area contributed by atoms with Gasteiger partial charge >= 0.3 is 17.9 Å². The number of thiol groups is 4. The predicted octanol–water partition coefficient (Wildman–Crippen LogP) is -1.11. The van der Waals surface area contributed by atoms with Gasteiger partial charge < -0.3 is 26.4 Å². The number of carboxylic acid groups (broad SMARTS) is 3. The number of ketones is 1. The van der Waals surface area contributed by atoms with Gasteiger partial charge in [0.05, 0.1) is 18.2 Å². The highest BCUT2D eigenvalue weighted by Gasteiger charge is 2.32. The molecule has 0 saturated carbocycles. The number of carbonyl (C=O) groups is 4. The Morgan fingerprint density at radius 1 is 1.08 bits per heavy atom. The molecular weight excluding hydrogens is 400 g/mol. The van der Waals surface area contributed by atoms with Gasteiger partial charge in [0.1, 0.15) is 6.04 Å². The molecule has 0 aromatic rings. The molecule has 2 atom stereocenters. The van der Waals surface area contributed by atoms with Crippen LogP contribution in [-0.2, 0) is 19.2 Å². The smallest absolute Gasteiger partial charge is 0.330 e. The van der Waals surface area contributed by atoms with Crippen LogP contribution in [0.3, 0.4) is 0 Å². The first-order chi connectivity index (χ1) is 10.9. The first-order valence-corrected chi connectivity index (χ1v) is 8.41. The van der Waals surface area contributed by atoms with Crippen LogP contribution >= 0.6 is 50.5 Å². The molecule has 0 aliphatic rings. The normalized spacial score (nSPS) is 13.2. The third kappa shape index (κ3) is 11.9. The molecule has 0 bridgehead atoms. The fourth-order valence-electron chi connectivity index (χ4n) is 1.02. The SMILES string of the molecule is NC(CN[C@@H](CS)C(=O)O)C(=O)CS.O=C(O)CC(S)(S)C(=O)O. The lowest BCUT2D eigenvalue weighted by atomic mass is 10.2. The molecule has 140 valence electrons. The van der Waals surface area contributed by atoms with E-state index in [0.29, 0.717) is 0 Å². The van der Waals surface area contributed by atoms with Gasteiger partial charge in [0.25, 0.3) is 0 Å². The van der Waals surface area contributed by atoms with Crippen LogP contribution in [0.25, 0.3) is 0 Å². The minimum Gasteiger partial charge on any atom is -0.481 e. The summed E-state index contributed by atoms with van der Waals surface area (Å²) in [5.74, 6) is -3.62. The monoisotopic (exact) mass is 420 g/mol. The minimum absolute atomic E-state index is 0.0570. The van der Waals surface area contributed by atoms with Crippen LogP contribution in [-0.4, -0.2) is 73.2 Å². The van der Waals surface area contributed by atoms with Gasteiger partial charge in [-0.15, -0.1) is 25.3 Å². The Kier molecular flexibility index (Phi) is 13.6. The summed E-state index contributed by atoms with van der Waals surface area (Å²) in [5.41, 5.74) is 5.45. The van der Waals surface area contributed by atoms with Gasteiger partial charge in [0.15, 0.2) is 9.86 Å². The number of carbonyl (C=O) groups excluding carboxylic acids is 1. The van der Waals surface area contributed by atoms with Crippen molar-refractivity contribution >= 4 is 74.2 Å². The summed E-state index contributed by atoms with van der Waals surface area (Å²) in [6.07, 6.45) is -0.617. The molecular formula is C11H20N2O7S4. The molecule has 9 nitrogen and oxygen atoms in total. The molecule has 0 radical (unpaired) electrons. The number of aliphatic carboxylic acids is 3. The topological polar surface area (TPSA) is 167 Å². The van der Waals surface area contributed by atoms with Crippen molar-refractivity contribution in [3.63, 3.8) is 0 Å². The predicted molar refractivity (Wildman–Crippen MR) is 101 cm³/mol. The molecule has 0 amide bonds. The largest absolute Gasteiger partial charge is 0.481 e. The van der Waals surface area contributed by atoms with Gasteiger partial charge in [-0.3, -0.25) is 14.4 Å². The fraction of sp³-hybridized carbons (Fsp3) is 0.636. The number of rotatable bonds is 10.